The van der Waals surface area contributed by atoms with Crippen LogP contribution in [0.15, 0.2) is 0 Å². The number of ether oxygens (including phenoxy) is 2. The molecule has 2 amide bonds. The Hall–Kier alpha value is -2.32. The van der Waals surface area contributed by atoms with E-state index in [1.807, 2.05) is 0 Å². The fourth-order valence-corrected chi connectivity index (χ4v) is 3.96. The van der Waals surface area contributed by atoms with Crippen molar-refractivity contribution in [2.75, 3.05) is 0 Å². The second-order valence-corrected chi connectivity index (χ2v) is 9.73. The lowest BCUT2D eigenvalue weighted by Gasteiger charge is -2.39. The van der Waals surface area contributed by atoms with Gasteiger partial charge in [0, 0.05) is 6.04 Å². The van der Waals surface area contributed by atoms with Gasteiger partial charge in [-0.25, -0.2) is 9.59 Å². The van der Waals surface area contributed by atoms with Gasteiger partial charge in [0.1, 0.15) is 23.3 Å². The normalized spacial score (nSPS) is 27.2. The molecule has 2 fully saturated rings. The van der Waals surface area contributed by atoms with Gasteiger partial charge in [-0.15, -0.1) is 0 Å². The summed E-state index contributed by atoms with van der Waals surface area (Å²) in [5.74, 6) is -2.27. The summed E-state index contributed by atoms with van der Waals surface area (Å²) < 4.78 is 10.7. The summed E-state index contributed by atoms with van der Waals surface area (Å²) in [4.78, 5) is 50.6. The van der Waals surface area contributed by atoms with Crippen molar-refractivity contribution in [3.8, 4) is 0 Å². The van der Waals surface area contributed by atoms with Crippen molar-refractivity contribution in [3.63, 3.8) is 0 Å². The maximum Gasteiger partial charge on any atom is 0.408 e. The molecule has 2 aliphatic heterocycles. The summed E-state index contributed by atoms with van der Waals surface area (Å²) >= 11 is 0. The molecule has 0 unspecified atom stereocenters. The average Bonchev–Trinajstić information content (AvgIpc) is 2.85. The summed E-state index contributed by atoms with van der Waals surface area (Å²) in [5, 5.41) is 11.8. The van der Waals surface area contributed by atoms with Gasteiger partial charge in [0.2, 0.25) is 5.91 Å². The zero-order valence-electron chi connectivity index (χ0n) is 18.0. The van der Waals surface area contributed by atoms with E-state index in [2.05, 4.69) is 5.32 Å². The second kappa shape index (κ2) is 8.20. The highest BCUT2D eigenvalue weighted by Gasteiger charge is 2.52. The molecule has 164 valence electrons. The molecule has 2 N–H and O–H groups in total. The molecule has 2 saturated heterocycles. The molecule has 0 aromatic rings. The molecule has 0 aromatic carbocycles. The first-order valence-corrected chi connectivity index (χ1v) is 9.94. The zero-order valence-corrected chi connectivity index (χ0v) is 18.0. The number of fused-ring (bicyclic) bond motifs is 1. The monoisotopic (exact) mass is 412 g/mol. The van der Waals surface area contributed by atoms with Gasteiger partial charge < -0.3 is 24.8 Å². The number of nitrogens with zero attached hydrogens (tertiary/aromatic N) is 1. The van der Waals surface area contributed by atoms with E-state index in [9.17, 15) is 24.3 Å². The molecule has 2 aliphatic rings. The lowest BCUT2D eigenvalue weighted by molar-refractivity contribution is -0.165. The van der Waals surface area contributed by atoms with Crippen LogP contribution in [0.3, 0.4) is 0 Å². The van der Waals surface area contributed by atoms with Crippen LogP contribution in [0, 0.1) is 5.92 Å². The molecular weight excluding hydrogens is 380 g/mol. The van der Waals surface area contributed by atoms with Crippen LogP contribution in [0.25, 0.3) is 0 Å². The number of carbonyl (C=O) groups excluding carboxylic acids is 3. The largest absolute Gasteiger partial charge is 0.481 e. The van der Waals surface area contributed by atoms with Crippen molar-refractivity contribution in [1.29, 1.82) is 0 Å². The topological polar surface area (TPSA) is 122 Å². The predicted molar refractivity (Wildman–Crippen MR) is 103 cm³/mol. The van der Waals surface area contributed by atoms with Crippen LogP contribution in [-0.2, 0) is 23.9 Å². The van der Waals surface area contributed by atoms with Crippen molar-refractivity contribution < 1.29 is 33.8 Å². The van der Waals surface area contributed by atoms with E-state index in [1.165, 1.54) is 4.90 Å². The number of amides is 2. The smallest absolute Gasteiger partial charge is 0.408 e. The Balaban J connectivity index is 2.20. The Kier molecular flexibility index (Phi) is 6.49. The molecule has 9 nitrogen and oxygen atoms in total. The average molecular weight is 412 g/mol. The third-order valence-electron chi connectivity index (χ3n) is 4.87. The van der Waals surface area contributed by atoms with Gasteiger partial charge in [-0.05, 0) is 66.7 Å². The number of alkyl carbamates (subject to hydrolysis) is 1. The lowest BCUT2D eigenvalue weighted by atomic mass is 9.89. The number of carboxylic acid groups (broad SMARTS) is 1. The molecule has 2 rings (SSSR count). The van der Waals surface area contributed by atoms with Crippen molar-refractivity contribution in [1.82, 2.24) is 10.2 Å². The SMILES string of the molecule is CC(C)(C)OC(=O)N[C@H]1CC[C@@H]2[C@@H](CC(=O)O)C[C@@H](C(=O)OC(C)(C)C)N2C1=O. The Morgan fingerprint density at radius 1 is 1.07 bits per heavy atom. The molecule has 0 saturated carbocycles. The van der Waals surface area contributed by atoms with E-state index in [0.717, 1.165) is 0 Å². The maximum atomic E-state index is 13.1. The molecule has 0 radical (unpaired) electrons. The minimum atomic E-state index is -0.971. The number of nitrogens with one attached hydrogen (secondary N) is 1. The number of rotatable bonds is 4. The number of hydrogen-bond acceptors (Lipinski definition) is 6. The summed E-state index contributed by atoms with van der Waals surface area (Å²) in [7, 11) is 0. The van der Waals surface area contributed by atoms with Crippen LogP contribution in [0.1, 0.15) is 67.2 Å². The number of carbonyl (C=O) groups is 4. The van der Waals surface area contributed by atoms with Gasteiger partial charge in [0.25, 0.3) is 0 Å². The summed E-state index contributed by atoms with van der Waals surface area (Å²) in [6, 6.07) is -2.05. The van der Waals surface area contributed by atoms with Crippen LogP contribution in [-0.4, -0.2) is 63.3 Å². The van der Waals surface area contributed by atoms with Crippen molar-refractivity contribution >= 4 is 23.9 Å². The van der Waals surface area contributed by atoms with E-state index in [-0.39, 0.29) is 24.8 Å². The minimum Gasteiger partial charge on any atom is -0.481 e. The van der Waals surface area contributed by atoms with Crippen molar-refractivity contribution in [3.05, 3.63) is 0 Å². The highest BCUT2D eigenvalue weighted by Crippen LogP contribution is 2.39. The van der Waals surface area contributed by atoms with Crippen LogP contribution < -0.4 is 5.32 Å². The second-order valence-electron chi connectivity index (χ2n) is 9.73. The van der Waals surface area contributed by atoms with Crippen LogP contribution >= 0.6 is 0 Å². The first-order chi connectivity index (χ1) is 13.2. The first-order valence-electron chi connectivity index (χ1n) is 9.94. The molecule has 4 atom stereocenters. The molecule has 0 aromatic heterocycles. The fraction of sp³-hybridized carbons (Fsp3) is 0.800. The standard InChI is InChI=1S/C20H32N2O7/c1-19(2,3)28-17(26)14-9-11(10-15(23)24)13-8-7-12(16(25)22(13)14)21-18(27)29-20(4,5)6/h11-14H,7-10H2,1-6H3,(H,21,27)(H,23,24)/t11-,12+,13-,14+/m1/s1. The van der Waals surface area contributed by atoms with Gasteiger partial charge in [-0.3, -0.25) is 9.59 Å². The Labute approximate surface area is 171 Å². The minimum absolute atomic E-state index is 0.127. The predicted octanol–water partition coefficient (Wildman–Crippen LogP) is 2.08. The molecule has 29 heavy (non-hydrogen) atoms. The third kappa shape index (κ3) is 6.08. The van der Waals surface area contributed by atoms with Gasteiger partial charge in [0.05, 0.1) is 6.42 Å². The number of aliphatic carboxylic acids is 1. The van der Waals surface area contributed by atoms with Crippen LogP contribution in [0.2, 0.25) is 0 Å². The zero-order chi connectivity index (χ0) is 22.1. The quantitative estimate of drug-likeness (QED) is 0.678. The van der Waals surface area contributed by atoms with Gasteiger partial charge >= 0.3 is 18.0 Å². The highest BCUT2D eigenvalue weighted by atomic mass is 16.6. The number of piperidine rings is 1. The van der Waals surface area contributed by atoms with E-state index >= 15 is 0 Å². The van der Waals surface area contributed by atoms with Crippen molar-refractivity contribution in [2.45, 2.75) is 96.6 Å². The number of esters is 1. The van der Waals surface area contributed by atoms with Crippen LogP contribution in [0.5, 0.6) is 0 Å². The van der Waals surface area contributed by atoms with Crippen molar-refractivity contribution in [2.24, 2.45) is 5.92 Å². The Morgan fingerprint density at radius 3 is 2.17 bits per heavy atom. The lowest BCUT2D eigenvalue weighted by Crippen LogP contribution is -2.59. The molecule has 0 spiro atoms. The summed E-state index contributed by atoms with van der Waals surface area (Å²) in [6.07, 6.45) is 0.249. The molecule has 2 heterocycles. The molecule has 9 heteroatoms. The molecular formula is C20H32N2O7. The Bertz CT molecular complexity index is 677. The van der Waals surface area contributed by atoms with E-state index in [0.29, 0.717) is 12.8 Å². The van der Waals surface area contributed by atoms with Gasteiger partial charge in [-0.1, -0.05) is 0 Å². The van der Waals surface area contributed by atoms with Crippen LogP contribution in [0.4, 0.5) is 4.79 Å². The number of carboxylic acids is 1. The molecule has 0 bridgehead atoms. The maximum absolute atomic E-state index is 13.1. The Morgan fingerprint density at radius 2 is 1.66 bits per heavy atom. The third-order valence-corrected chi connectivity index (χ3v) is 4.87. The highest BCUT2D eigenvalue weighted by molar-refractivity contribution is 5.91. The summed E-state index contributed by atoms with van der Waals surface area (Å²) in [6.45, 7) is 10.4. The molecule has 0 aliphatic carbocycles. The van der Waals surface area contributed by atoms with Gasteiger partial charge in [-0.2, -0.15) is 0 Å². The van der Waals surface area contributed by atoms with Gasteiger partial charge in [0.15, 0.2) is 0 Å². The fourth-order valence-electron chi connectivity index (χ4n) is 3.96. The van der Waals surface area contributed by atoms with E-state index in [4.69, 9.17) is 9.47 Å². The first kappa shape index (κ1) is 23.0. The van der Waals surface area contributed by atoms with E-state index < -0.39 is 47.2 Å². The number of hydrogen-bond donors (Lipinski definition) is 2. The van der Waals surface area contributed by atoms with E-state index in [1.54, 1.807) is 41.5 Å². The summed E-state index contributed by atoms with van der Waals surface area (Å²) in [5.41, 5.74) is -1.44.